The van der Waals surface area contributed by atoms with Gasteiger partial charge in [0.05, 0.1) is 29.9 Å². The fourth-order valence-corrected chi connectivity index (χ4v) is 4.55. The number of benzene rings is 3. The molecule has 42 heavy (non-hydrogen) atoms. The van der Waals surface area contributed by atoms with Crippen molar-refractivity contribution in [2.75, 3.05) is 0 Å². The Morgan fingerprint density at radius 1 is 0.833 bits per heavy atom. The first kappa shape index (κ1) is 32.7. The van der Waals surface area contributed by atoms with Crippen molar-refractivity contribution in [3.05, 3.63) is 119 Å². The molecule has 0 fully saturated rings. The standard InChI is InChI=1S/C32H33F6NO3/c1-5-12-26(41-20-21-17-24(31(33,34)35)19-25(18-21)32(36,37)38)28(39-29(40)42-30(2,3)4)27(22-13-8-6-9-14-22)23-15-10-7-11-16-23/h5-11,13-19,26-28H,1,12,20H2,2-4H3,(H,39,40). The summed E-state index contributed by atoms with van der Waals surface area (Å²) in [5, 5.41) is 2.87. The Balaban J connectivity index is 2.08. The fourth-order valence-electron chi connectivity index (χ4n) is 4.55. The molecule has 0 saturated heterocycles. The highest BCUT2D eigenvalue weighted by molar-refractivity contribution is 5.68. The van der Waals surface area contributed by atoms with Crippen LogP contribution in [0.1, 0.15) is 60.9 Å². The van der Waals surface area contributed by atoms with Gasteiger partial charge in [0.2, 0.25) is 0 Å². The predicted molar refractivity (Wildman–Crippen MR) is 148 cm³/mol. The number of hydrogen-bond donors (Lipinski definition) is 1. The number of rotatable bonds is 10. The third kappa shape index (κ3) is 9.37. The van der Waals surface area contributed by atoms with E-state index in [4.69, 9.17) is 9.47 Å². The van der Waals surface area contributed by atoms with E-state index >= 15 is 0 Å². The fraction of sp³-hybridized carbons (Fsp3) is 0.344. The maximum Gasteiger partial charge on any atom is 0.416 e. The molecule has 0 aliphatic rings. The quantitative estimate of drug-likeness (QED) is 0.189. The van der Waals surface area contributed by atoms with Gasteiger partial charge in [-0.3, -0.25) is 0 Å². The van der Waals surface area contributed by atoms with Gasteiger partial charge in [0, 0.05) is 5.92 Å². The number of ether oxygens (including phenoxy) is 2. The summed E-state index contributed by atoms with van der Waals surface area (Å²) in [6.45, 7) is 8.24. The van der Waals surface area contributed by atoms with E-state index < -0.39 is 59.8 Å². The molecular weight excluding hydrogens is 560 g/mol. The molecule has 0 radical (unpaired) electrons. The maximum absolute atomic E-state index is 13.5. The van der Waals surface area contributed by atoms with E-state index in [0.717, 1.165) is 11.1 Å². The predicted octanol–water partition coefficient (Wildman–Crippen LogP) is 8.91. The Morgan fingerprint density at radius 2 is 1.31 bits per heavy atom. The van der Waals surface area contributed by atoms with Crippen molar-refractivity contribution in [3.8, 4) is 0 Å². The molecule has 1 amide bonds. The molecule has 10 heteroatoms. The Bertz CT molecular complexity index is 1250. The number of alkyl halides is 6. The van der Waals surface area contributed by atoms with Gasteiger partial charge in [-0.1, -0.05) is 66.7 Å². The van der Waals surface area contributed by atoms with E-state index in [1.807, 2.05) is 60.7 Å². The Kier molecular flexibility index (Phi) is 10.5. The SMILES string of the molecule is C=CCC(OCc1cc(C(F)(F)F)cc(C(F)(F)F)c1)C(NC(=O)OC(C)(C)C)C(c1ccccc1)c1ccccc1. The summed E-state index contributed by atoms with van der Waals surface area (Å²) >= 11 is 0. The van der Waals surface area contributed by atoms with E-state index in [1.165, 1.54) is 6.08 Å². The first-order chi connectivity index (χ1) is 19.6. The summed E-state index contributed by atoms with van der Waals surface area (Å²) in [4.78, 5) is 13.1. The molecular formula is C32H33F6NO3. The smallest absolute Gasteiger partial charge is 0.416 e. The highest BCUT2D eigenvalue weighted by atomic mass is 19.4. The van der Waals surface area contributed by atoms with Gasteiger partial charge in [-0.15, -0.1) is 6.58 Å². The van der Waals surface area contributed by atoms with Crippen LogP contribution in [0.5, 0.6) is 0 Å². The molecule has 0 aliphatic carbocycles. The van der Waals surface area contributed by atoms with Gasteiger partial charge in [-0.05, 0) is 62.1 Å². The van der Waals surface area contributed by atoms with E-state index in [-0.39, 0.29) is 18.1 Å². The number of hydrogen-bond acceptors (Lipinski definition) is 3. The van der Waals surface area contributed by atoms with E-state index in [0.29, 0.717) is 12.1 Å². The average Bonchev–Trinajstić information content (AvgIpc) is 2.90. The molecule has 1 N–H and O–H groups in total. The van der Waals surface area contributed by atoms with Crippen LogP contribution in [0.3, 0.4) is 0 Å². The van der Waals surface area contributed by atoms with Gasteiger partial charge in [0.15, 0.2) is 0 Å². The summed E-state index contributed by atoms with van der Waals surface area (Å²) in [5.74, 6) is -0.530. The van der Waals surface area contributed by atoms with E-state index in [9.17, 15) is 31.1 Å². The third-order valence-corrected chi connectivity index (χ3v) is 6.27. The lowest BCUT2D eigenvalue weighted by Gasteiger charge is -2.35. The van der Waals surface area contributed by atoms with Crippen molar-refractivity contribution in [1.82, 2.24) is 5.32 Å². The number of halogens is 6. The molecule has 0 aliphatic heterocycles. The van der Waals surface area contributed by atoms with E-state index in [2.05, 4.69) is 11.9 Å². The minimum Gasteiger partial charge on any atom is -0.444 e. The number of carbonyl (C=O) groups is 1. The molecule has 3 aromatic carbocycles. The molecule has 0 aromatic heterocycles. The van der Waals surface area contributed by atoms with Crippen molar-refractivity contribution >= 4 is 6.09 Å². The number of alkyl carbamates (subject to hydrolysis) is 1. The number of amides is 1. The zero-order valence-corrected chi connectivity index (χ0v) is 23.4. The Morgan fingerprint density at radius 3 is 1.71 bits per heavy atom. The van der Waals surface area contributed by atoms with Crippen LogP contribution in [0.4, 0.5) is 31.1 Å². The average molecular weight is 594 g/mol. The molecule has 0 saturated carbocycles. The van der Waals surface area contributed by atoms with E-state index in [1.54, 1.807) is 20.8 Å². The first-order valence-corrected chi connectivity index (χ1v) is 13.2. The third-order valence-electron chi connectivity index (χ3n) is 6.27. The van der Waals surface area contributed by atoms with Crippen LogP contribution in [0.15, 0.2) is 91.5 Å². The van der Waals surface area contributed by atoms with Crippen LogP contribution in [0.2, 0.25) is 0 Å². The van der Waals surface area contributed by atoms with Crippen LogP contribution in [0, 0.1) is 0 Å². The number of nitrogens with one attached hydrogen (secondary N) is 1. The molecule has 3 rings (SSSR count). The maximum atomic E-state index is 13.5. The van der Waals surface area contributed by atoms with Crippen LogP contribution in [-0.2, 0) is 28.4 Å². The van der Waals surface area contributed by atoms with Crippen molar-refractivity contribution in [2.24, 2.45) is 0 Å². The van der Waals surface area contributed by atoms with Gasteiger partial charge < -0.3 is 14.8 Å². The topological polar surface area (TPSA) is 47.6 Å². The Labute approximate surface area is 241 Å². The van der Waals surface area contributed by atoms with Crippen molar-refractivity contribution < 1.29 is 40.6 Å². The lowest BCUT2D eigenvalue weighted by atomic mass is 9.81. The van der Waals surface area contributed by atoms with Gasteiger partial charge >= 0.3 is 18.4 Å². The van der Waals surface area contributed by atoms with Gasteiger partial charge in [0.25, 0.3) is 0 Å². The second-order valence-corrected chi connectivity index (χ2v) is 10.8. The van der Waals surface area contributed by atoms with Crippen LogP contribution >= 0.6 is 0 Å². The molecule has 0 spiro atoms. The van der Waals surface area contributed by atoms with Gasteiger partial charge in [-0.2, -0.15) is 26.3 Å². The second kappa shape index (κ2) is 13.5. The summed E-state index contributed by atoms with van der Waals surface area (Å²) in [6, 6.07) is 18.8. The molecule has 3 aromatic rings. The van der Waals surface area contributed by atoms with Crippen LogP contribution in [0.25, 0.3) is 0 Å². The minimum absolute atomic E-state index is 0.0679. The zero-order valence-electron chi connectivity index (χ0n) is 23.4. The normalized spacial score (nSPS) is 13.9. The lowest BCUT2D eigenvalue weighted by Crippen LogP contribution is -2.50. The summed E-state index contributed by atoms with van der Waals surface area (Å²) in [7, 11) is 0. The van der Waals surface area contributed by atoms with Gasteiger partial charge in [-0.25, -0.2) is 4.79 Å². The molecule has 2 unspecified atom stereocenters. The second-order valence-electron chi connectivity index (χ2n) is 10.8. The van der Waals surface area contributed by atoms with Crippen LogP contribution in [-0.4, -0.2) is 23.8 Å². The highest BCUT2D eigenvalue weighted by Gasteiger charge is 2.38. The molecule has 0 bridgehead atoms. The molecule has 4 nitrogen and oxygen atoms in total. The summed E-state index contributed by atoms with van der Waals surface area (Å²) in [5.41, 5.74) is -2.46. The van der Waals surface area contributed by atoms with Crippen molar-refractivity contribution in [1.29, 1.82) is 0 Å². The number of carbonyl (C=O) groups excluding carboxylic acids is 1. The Hall–Kier alpha value is -3.79. The monoisotopic (exact) mass is 593 g/mol. The summed E-state index contributed by atoms with van der Waals surface area (Å²) < 4.78 is 92.3. The summed E-state index contributed by atoms with van der Waals surface area (Å²) in [6.07, 6.45) is -10.1. The minimum atomic E-state index is -5.00. The molecule has 2 atom stereocenters. The molecule has 226 valence electrons. The van der Waals surface area contributed by atoms with Crippen LogP contribution < -0.4 is 5.32 Å². The largest absolute Gasteiger partial charge is 0.444 e. The first-order valence-electron chi connectivity index (χ1n) is 13.2. The van der Waals surface area contributed by atoms with Crippen molar-refractivity contribution in [2.45, 2.75) is 69.8 Å². The zero-order chi connectivity index (χ0) is 31.1. The lowest BCUT2D eigenvalue weighted by molar-refractivity contribution is -0.143. The van der Waals surface area contributed by atoms with Crippen molar-refractivity contribution in [3.63, 3.8) is 0 Å². The van der Waals surface area contributed by atoms with Gasteiger partial charge in [0.1, 0.15) is 5.60 Å². The highest BCUT2D eigenvalue weighted by Crippen LogP contribution is 2.37. The molecule has 0 heterocycles.